The molecule has 5 nitrogen and oxygen atoms in total. The molecule has 1 aromatic heterocycles. The number of aromatic nitrogens is 2. The summed E-state index contributed by atoms with van der Waals surface area (Å²) in [7, 11) is 0. The van der Waals surface area contributed by atoms with Crippen LogP contribution in [0, 0.1) is 0 Å². The van der Waals surface area contributed by atoms with Crippen molar-refractivity contribution in [1.29, 1.82) is 0 Å². The van der Waals surface area contributed by atoms with Gasteiger partial charge in [0, 0.05) is 12.6 Å². The van der Waals surface area contributed by atoms with Gasteiger partial charge in [0.15, 0.2) is 0 Å². The van der Waals surface area contributed by atoms with Gasteiger partial charge in [0.05, 0.1) is 31.0 Å². The minimum absolute atomic E-state index is 0.421. The van der Waals surface area contributed by atoms with E-state index in [0.29, 0.717) is 12.1 Å². The fourth-order valence-corrected chi connectivity index (χ4v) is 1.44. The maximum atomic E-state index is 5.08. The summed E-state index contributed by atoms with van der Waals surface area (Å²) in [5.74, 6) is 0.900. The molecule has 1 unspecified atom stereocenters. The van der Waals surface area contributed by atoms with Crippen LogP contribution in [-0.4, -0.2) is 35.8 Å². The molecule has 2 N–H and O–H groups in total. The second-order valence-electron chi connectivity index (χ2n) is 3.67. The van der Waals surface area contributed by atoms with E-state index in [-0.39, 0.29) is 0 Å². The van der Waals surface area contributed by atoms with Crippen LogP contribution in [0.2, 0.25) is 0 Å². The van der Waals surface area contributed by atoms with Gasteiger partial charge in [-0.1, -0.05) is 0 Å². The summed E-state index contributed by atoms with van der Waals surface area (Å²) in [5, 5.41) is 6.51. The molecule has 5 heteroatoms. The van der Waals surface area contributed by atoms with Crippen LogP contribution in [-0.2, 0) is 4.74 Å². The van der Waals surface area contributed by atoms with Gasteiger partial charge >= 0.3 is 0 Å². The van der Waals surface area contributed by atoms with E-state index in [1.165, 1.54) is 0 Å². The highest BCUT2D eigenvalue weighted by atomic mass is 16.5. The Kier molecular flexibility index (Phi) is 1.85. The molecule has 1 aromatic rings. The Hall–Kier alpha value is -1.20. The zero-order valence-electron chi connectivity index (χ0n) is 7.73. The van der Waals surface area contributed by atoms with E-state index in [9.17, 15) is 0 Å². The Labute approximate surface area is 81.9 Å². The van der Waals surface area contributed by atoms with Crippen molar-refractivity contribution in [3.8, 4) is 0 Å². The van der Waals surface area contributed by atoms with Gasteiger partial charge in [-0.3, -0.25) is 0 Å². The van der Waals surface area contributed by atoms with E-state index in [2.05, 4.69) is 20.6 Å². The van der Waals surface area contributed by atoms with Crippen molar-refractivity contribution < 1.29 is 4.74 Å². The zero-order chi connectivity index (χ0) is 9.38. The van der Waals surface area contributed by atoms with E-state index < -0.39 is 0 Å². The van der Waals surface area contributed by atoms with Crippen LogP contribution >= 0.6 is 0 Å². The number of hydrogen-bond acceptors (Lipinski definition) is 5. The molecule has 3 rings (SSSR count). The number of ether oxygens (including phenoxy) is 1. The van der Waals surface area contributed by atoms with Crippen molar-refractivity contribution >= 4 is 5.82 Å². The van der Waals surface area contributed by atoms with E-state index in [1.807, 2.05) is 6.07 Å². The molecule has 2 aliphatic rings. The Balaban J connectivity index is 1.72. The molecule has 0 aromatic carbocycles. The summed E-state index contributed by atoms with van der Waals surface area (Å²) in [6.07, 6.45) is 1.61. The molecule has 0 saturated carbocycles. The van der Waals surface area contributed by atoms with E-state index in [4.69, 9.17) is 4.74 Å². The highest BCUT2D eigenvalue weighted by Gasteiger charge is 2.25. The molecule has 14 heavy (non-hydrogen) atoms. The van der Waals surface area contributed by atoms with Crippen LogP contribution < -0.4 is 10.6 Å². The van der Waals surface area contributed by atoms with Gasteiger partial charge in [-0.15, -0.1) is 0 Å². The lowest BCUT2D eigenvalue weighted by atomic mass is 10.2. The van der Waals surface area contributed by atoms with Crippen LogP contribution in [0.1, 0.15) is 11.7 Å². The van der Waals surface area contributed by atoms with Crippen LogP contribution in [0.3, 0.4) is 0 Å². The monoisotopic (exact) mass is 192 g/mol. The standard InChI is InChI=1S/C9H12N4O/c1-7(8-2-10-8)11-5-12-9(1)13-6-3-14-4-6/h1,5-6,8,10H,2-4H2,(H,11,12,13). The maximum Gasteiger partial charge on any atom is 0.130 e. The third-order valence-corrected chi connectivity index (χ3v) is 2.44. The molecular formula is C9H12N4O. The Morgan fingerprint density at radius 3 is 2.93 bits per heavy atom. The van der Waals surface area contributed by atoms with Gasteiger partial charge in [0.25, 0.3) is 0 Å². The number of rotatable bonds is 3. The molecule has 0 bridgehead atoms. The summed E-state index contributed by atoms with van der Waals surface area (Å²) in [6.45, 7) is 2.59. The number of nitrogens with zero attached hydrogens (tertiary/aromatic N) is 2. The number of hydrogen-bond donors (Lipinski definition) is 2. The van der Waals surface area contributed by atoms with Crippen LogP contribution in [0.4, 0.5) is 5.82 Å². The molecule has 0 radical (unpaired) electrons. The third kappa shape index (κ3) is 1.56. The van der Waals surface area contributed by atoms with Crippen molar-refractivity contribution in [2.75, 3.05) is 25.1 Å². The largest absolute Gasteiger partial charge is 0.377 e. The topological polar surface area (TPSA) is 69.0 Å². The molecule has 3 heterocycles. The van der Waals surface area contributed by atoms with E-state index in [1.54, 1.807) is 6.33 Å². The van der Waals surface area contributed by atoms with Gasteiger partial charge < -0.3 is 15.4 Å². The van der Waals surface area contributed by atoms with Gasteiger partial charge in [0.1, 0.15) is 12.1 Å². The second kappa shape index (κ2) is 3.18. The summed E-state index contributed by atoms with van der Waals surface area (Å²) < 4.78 is 5.08. The summed E-state index contributed by atoms with van der Waals surface area (Å²) in [5.41, 5.74) is 1.07. The first-order valence-electron chi connectivity index (χ1n) is 4.81. The van der Waals surface area contributed by atoms with Crippen molar-refractivity contribution in [3.63, 3.8) is 0 Å². The predicted octanol–water partition coefficient (Wildman–Crippen LogP) is -0.0684. The minimum Gasteiger partial charge on any atom is -0.377 e. The van der Waals surface area contributed by atoms with Gasteiger partial charge in [-0.05, 0) is 0 Å². The Bertz CT molecular complexity index is 335. The van der Waals surface area contributed by atoms with Gasteiger partial charge in [-0.25, -0.2) is 9.97 Å². The van der Waals surface area contributed by atoms with Gasteiger partial charge in [0.2, 0.25) is 0 Å². The van der Waals surface area contributed by atoms with Crippen molar-refractivity contribution in [2.24, 2.45) is 0 Å². The molecule has 2 aliphatic heterocycles. The molecule has 1 atom stereocenters. The molecule has 2 fully saturated rings. The Morgan fingerprint density at radius 2 is 2.29 bits per heavy atom. The Morgan fingerprint density at radius 1 is 1.43 bits per heavy atom. The highest BCUT2D eigenvalue weighted by molar-refractivity contribution is 5.38. The smallest absolute Gasteiger partial charge is 0.130 e. The lowest BCUT2D eigenvalue weighted by Crippen LogP contribution is -2.40. The molecule has 0 amide bonds. The third-order valence-electron chi connectivity index (χ3n) is 2.44. The minimum atomic E-state index is 0.421. The van der Waals surface area contributed by atoms with Gasteiger partial charge in [-0.2, -0.15) is 0 Å². The molecular weight excluding hydrogens is 180 g/mol. The SMILES string of the molecule is c1nc(NC2COC2)cc(C2CN2)n1. The molecule has 0 aliphatic carbocycles. The van der Waals surface area contributed by atoms with Crippen molar-refractivity contribution in [2.45, 2.75) is 12.1 Å². The van der Waals surface area contributed by atoms with Crippen molar-refractivity contribution in [3.05, 3.63) is 18.1 Å². The molecule has 74 valence electrons. The van der Waals surface area contributed by atoms with Crippen LogP contribution in [0.15, 0.2) is 12.4 Å². The first-order chi connectivity index (χ1) is 6.92. The fraction of sp³-hybridized carbons (Fsp3) is 0.556. The van der Waals surface area contributed by atoms with Crippen LogP contribution in [0.5, 0.6) is 0 Å². The predicted molar refractivity (Wildman–Crippen MR) is 51.0 cm³/mol. The maximum absolute atomic E-state index is 5.08. The first-order valence-corrected chi connectivity index (χ1v) is 4.81. The second-order valence-corrected chi connectivity index (χ2v) is 3.67. The first kappa shape index (κ1) is 8.14. The van der Waals surface area contributed by atoms with Crippen molar-refractivity contribution in [1.82, 2.24) is 15.3 Å². The lowest BCUT2D eigenvalue weighted by molar-refractivity contribution is 0.0209. The summed E-state index contributed by atoms with van der Waals surface area (Å²) in [4.78, 5) is 8.37. The van der Waals surface area contributed by atoms with E-state index >= 15 is 0 Å². The number of nitrogens with one attached hydrogen (secondary N) is 2. The normalized spacial score (nSPS) is 25.6. The summed E-state index contributed by atoms with van der Waals surface area (Å²) in [6, 6.07) is 2.87. The number of anilines is 1. The average Bonchev–Trinajstić information content (AvgIpc) is 2.95. The summed E-state index contributed by atoms with van der Waals surface area (Å²) >= 11 is 0. The van der Waals surface area contributed by atoms with E-state index in [0.717, 1.165) is 31.3 Å². The highest BCUT2D eigenvalue weighted by Crippen LogP contribution is 2.21. The molecule has 2 saturated heterocycles. The fourth-order valence-electron chi connectivity index (χ4n) is 1.44. The average molecular weight is 192 g/mol. The quantitative estimate of drug-likeness (QED) is 0.656. The van der Waals surface area contributed by atoms with Crippen LogP contribution in [0.25, 0.3) is 0 Å². The lowest BCUT2D eigenvalue weighted by Gasteiger charge is -2.27. The molecule has 0 spiro atoms. The zero-order valence-corrected chi connectivity index (χ0v) is 7.73.